The van der Waals surface area contributed by atoms with Crippen LogP contribution in [0.4, 0.5) is 0 Å². The van der Waals surface area contributed by atoms with Crippen LogP contribution in [0.1, 0.15) is 27.2 Å². The first kappa shape index (κ1) is 13.9. The van der Waals surface area contributed by atoms with Gasteiger partial charge in [-0.2, -0.15) is 0 Å². The molecule has 1 N–H and O–H groups in total. The molecule has 0 heterocycles. The molecule has 3 heteroatoms. The van der Waals surface area contributed by atoms with Gasteiger partial charge in [-0.1, -0.05) is 20.8 Å². The van der Waals surface area contributed by atoms with Gasteiger partial charge in [0.15, 0.2) is 0 Å². The molecular formula is C11H26N2O. The summed E-state index contributed by atoms with van der Waals surface area (Å²) in [6.07, 6.45) is 1.19. The van der Waals surface area contributed by atoms with Crippen molar-refractivity contribution in [1.29, 1.82) is 0 Å². The third kappa shape index (κ3) is 6.35. The second-order valence-corrected chi connectivity index (χ2v) is 3.55. The molecule has 0 bridgehead atoms. The molecule has 0 aliphatic carbocycles. The van der Waals surface area contributed by atoms with E-state index in [1.807, 2.05) is 0 Å². The third-order valence-corrected chi connectivity index (χ3v) is 2.52. The van der Waals surface area contributed by atoms with Crippen LogP contribution < -0.4 is 5.32 Å². The van der Waals surface area contributed by atoms with Gasteiger partial charge in [0.05, 0.1) is 6.61 Å². The van der Waals surface area contributed by atoms with Crippen molar-refractivity contribution in [1.82, 2.24) is 10.2 Å². The van der Waals surface area contributed by atoms with Crippen LogP contribution in [0.2, 0.25) is 0 Å². The van der Waals surface area contributed by atoms with Crippen molar-refractivity contribution in [2.75, 3.05) is 39.9 Å². The van der Waals surface area contributed by atoms with Crippen molar-refractivity contribution in [2.45, 2.75) is 33.2 Å². The van der Waals surface area contributed by atoms with Crippen LogP contribution in [0, 0.1) is 0 Å². The first-order valence-corrected chi connectivity index (χ1v) is 5.73. The zero-order chi connectivity index (χ0) is 10.8. The Hall–Kier alpha value is -0.120. The van der Waals surface area contributed by atoms with Gasteiger partial charge in [-0.15, -0.1) is 0 Å². The predicted molar refractivity (Wildman–Crippen MR) is 61.7 cm³/mol. The lowest BCUT2D eigenvalue weighted by atomic mass is 10.2. The molecule has 0 fully saturated rings. The minimum atomic E-state index is 0.622. The van der Waals surface area contributed by atoms with E-state index in [1.54, 1.807) is 7.11 Å². The van der Waals surface area contributed by atoms with E-state index in [-0.39, 0.29) is 0 Å². The normalized spacial score (nSPS) is 13.5. The third-order valence-electron chi connectivity index (χ3n) is 2.52. The van der Waals surface area contributed by atoms with Crippen molar-refractivity contribution < 1.29 is 4.74 Å². The molecule has 0 aromatic carbocycles. The minimum Gasteiger partial charge on any atom is -0.383 e. The highest BCUT2D eigenvalue weighted by Gasteiger charge is 2.09. The van der Waals surface area contributed by atoms with Gasteiger partial charge >= 0.3 is 0 Å². The molecule has 0 amide bonds. The summed E-state index contributed by atoms with van der Waals surface area (Å²) < 4.78 is 5.09. The number of methoxy groups -OCH3 is 1. The Morgan fingerprint density at radius 2 is 2.00 bits per heavy atom. The summed E-state index contributed by atoms with van der Waals surface area (Å²) >= 11 is 0. The van der Waals surface area contributed by atoms with Crippen LogP contribution in [0.3, 0.4) is 0 Å². The smallest absolute Gasteiger partial charge is 0.0589 e. The molecule has 0 aliphatic rings. The number of nitrogens with zero attached hydrogens (tertiary/aromatic N) is 1. The van der Waals surface area contributed by atoms with Crippen molar-refractivity contribution in [2.24, 2.45) is 0 Å². The summed E-state index contributed by atoms with van der Waals surface area (Å²) in [6.45, 7) is 11.8. The Labute approximate surface area is 88.8 Å². The highest BCUT2D eigenvalue weighted by Crippen LogP contribution is 1.96. The van der Waals surface area contributed by atoms with E-state index in [1.165, 1.54) is 6.42 Å². The van der Waals surface area contributed by atoms with Gasteiger partial charge in [-0.05, 0) is 19.5 Å². The van der Waals surface area contributed by atoms with Crippen LogP contribution in [0.15, 0.2) is 0 Å². The first-order valence-electron chi connectivity index (χ1n) is 5.73. The second kappa shape index (κ2) is 9.44. The van der Waals surface area contributed by atoms with Crippen molar-refractivity contribution in [3.63, 3.8) is 0 Å². The molecule has 1 unspecified atom stereocenters. The monoisotopic (exact) mass is 202 g/mol. The highest BCUT2D eigenvalue weighted by atomic mass is 16.5. The van der Waals surface area contributed by atoms with E-state index in [0.29, 0.717) is 6.04 Å². The number of likely N-dealkylation sites (N-methyl/N-ethyl adjacent to an activating group) is 2. The summed E-state index contributed by atoms with van der Waals surface area (Å²) in [5.74, 6) is 0. The molecule has 0 saturated heterocycles. The lowest BCUT2D eigenvalue weighted by Crippen LogP contribution is -2.41. The van der Waals surface area contributed by atoms with Gasteiger partial charge < -0.3 is 10.1 Å². The Morgan fingerprint density at radius 3 is 2.43 bits per heavy atom. The van der Waals surface area contributed by atoms with E-state index >= 15 is 0 Å². The van der Waals surface area contributed by atoms with Crippen molar-refractivity contribution in [3.05, 3.63) is 0 Å². The summed E-state index contributed by atoms with van der Waals surface area (Å²) in [4.78, 5) is 2.43. The van der Waals surface area contributed by atoms with E-state index in [4.69, 9.17) is 4.74 Å². The number of hydrogen-bond donors (Lipinski definition) is 1. The average Bonchev–Trinajstić information content (AvgIpc) is 2.22. The van der Waals surface area contributed by atoms with Gasteiger partial charge in [-0.25, -0.2) is 0 Å². The summed E-state index contributed by atoms with van der Waals surface area (Å²) in [5, 5.41) is 3.49. The van der Waals surface area contributed by atoms with Crippen LogP contribution >= 0.6 is 0 Å². The average molecular weight is 202 g/mol. The Morgan fingerprint density at radius 1 is 1.29 bits per heavy atom. The van der Waals surface area contributed by atoms with Gasteiger partial charge in [0.25, 0.3) is 0 Å². The molecule has 14 heavy (non-hydrogen) atoms. The predicted octanol–water partition coefficient (Wildman–Crippen LogP) is 1.34. The van der Waals surface area contributed by atoms with Gasteiger partial charge in [0.2, 0.25) is 0 Å². The number of hydrogen-bond acceptors (Lipinski definition) is 3. The second-order valence-electron chi connectivity index (χ2n) is 3.55. The summed E-state index contributed by atoms with van der Waals surface area (Å²) in [5.41, 5.74) is 0. The van der Waals surface area contributed by atoms with E-state index in [0.717, 1.165) is 32.8 Å². The Balaban J connectivity index is 3.75. The first-order chi connectivity index (χ1) is 6.78. The summed E-state index contributed by atoms with van der Waals surface area (Å²) in [7, 11) is 1.76. The molecular weight excluding hydrogens is 176 g/mol. The fourth-order valence-electron chi connectivity index (χ4n) is 1.54. The molecule has 0 aliphatic heterocycles. The largest absolute Gasteiger partial charge is 0.383 e. The van der Waals surface area contributed by atoms with Crippen molar-refractivity contribution >= 4 is 0 Å². The maximum atomic E-state index is 5.09. The maximum Gasteiger partial charge on any atom is 0.0589 e. The van der Waals surface area contributed by atoms with Crippen LogP contribution in [-0.2, 0) is 4.74 Å². The minimum absolute atomic E-state index is 0.622. The molecule has 0 rings (SSSR count). The van der Waals surface area contributed by atoms with E-state index < -0.39 is 0 Å². The number of nitrogens with one attached hydrogen (secondary N) is 1. The van der Waals surface area contributed by atoms with E-state index in [2.05, 4.69) is 31.0 Å². The number of ether oxygens (including phenoxy) is 1. The molecule has 86 valence electrons. The standard InChI is InChI=1S/C11H26N2O/c1-5-11(12-6-2)10-13(7-3)8-9-14-4/h11-12H,5-10H2,1-4H3. The zero-order valence-corrected chi connectivity index (χ0v) is 10.2. The molecule has 0 spiro atoms. The lowest BCUT2D eigenvalue weighted by molar-refractivity contribution is 0.143. The molecule has 0 saturated carbocycles. The quantitative estimate of drug-likeness (QED) is 0.611. The SMILES string of the molecule is CCNC(CC)CN(CC)CCOC. The maximum absolute atomic E-state index is 5.09. The Kier molecular flexibility index (Phi) is 9.35. The number of rotatable bonds is 9. The lowest BCUT2D eigenvalue weighted by Gasteiger charge is -2.25. The fraction of sp³-hybridized carbons (Fsp3) is 1.00. The molecule has 1 atom stereocenters. The molecule has 0 aromatic rings. The zero-order valence-electron chi connectivity index (χ0n) is 10.2. The van der Waals surface area contributed by atoms with E-state index in [9.17, 15) is 0 Å². The molecule has 0 aromatic heterocycles. The van der Waals surface area contributed by atoms with Gasteiger partial charge in [0, 0.05) is 26.2 Å². The Bertz CT molecular complexity index is 120. The van der Waals surface area contributed by atoms with Crippen LogP contribution in [0.25, 0.3) is 0 Å². The van der Waals surface area contributed by atoms with Gasteiger partial charge in [0.1, 0.15) is 0 Å². The van der Waals surface area contributed by atoms with Crippen LogP contribution in [-0.4, -0.2) is 50.8 Å². The highest BCUT2D eigenvalue weighted by molar-refractivity contribution is 4.69. The van der Waals surface area contributed by atoms with Crippen molar-refractivity contribution in [3.8, 4) is 0 Å². The molecule has 3 nitrogen and oxygen atoms in total. The fourth-order valence-corrected chi connectivity index (χ4v) is 1.54. The molecule has 0 radical (unpaired) electrons. The summed E-state index contributed by atoms with van der Waals surface area (Å²) in [6, 6.07) is 0.622. The van der Waals surface area contributed by atoms with Gasteiger partial charge in [-0.3, -0.25) is 4.90 Å². The topological polar surface area (TPSA) is 24.5 Å². The van der Waals surface area contributed by atoms with Crippen LogP contribution in [0.5, 0.6) is 0 Å².